The Morgan fingerprint density at radius 2 is 1.93 bits per heavy atom. The quantitative estimate of drug-likeness (QED) is 0.689. The average Bonchev–Trinajstić information content (AvgIpc) is 2.93. The van der Waals surface area contributed by atoms with Crippen molar-refractivity contribution in [3.05, 3.63) is 71.7 Å². The van der Waals surface area contributed by atoms with E-state index in [9.17, 15) is 4.79 Å². The standard InChI is InChI=1S/C24H28N4O/c1-18-6-5-11-27-22(13-25-24(18)27)12-23(29)28-16-20-9-10-21(28)17-26(15-20)14-19-7-3-2-4-8-19/h2-8,11,13,20-21H,9-10,12,14-17H2,1H3/t20-,21+/m1/s1. The van der Waals surface area contributed by atoms with Gasteiger partial charge < -0.3 is 9.30 Å². The number of piperidine rings is 1. The lowest BCUT2D eigenvalue weighted by atomic mass is 9.94. The molecule has 0 spiro atoms. The van der Waals surface area contributed by atoms with Crippen LogP contribution >= 0.6 is 0 Å². The molecule has 2 atom stereocenters. The highest BCUT2D eigenvalue weighted by Gasteiger charge is 2.37. The van der Waals surface area contributed by atoms with Crippen molar-refractivity contribution in [1.82, 2.24) is 19.2 Å². The summed E-state index contributed by atoms with van der Waals surface area (Å²) in [6.07, 6.45) is 6.64. The third-order valence-electron chi connectivity index (χ3n) is 6.50. The van der Waals surface area contributed by atoms with E-state index in [2.05, 4.69) is 62.5 Å². The highest BCUT2D eigenvalue weighted by molar-refractivity contribution is 5.79. The lowest BCUT2D eigenvalue weighted by Gasteiger charge is -2.36. The molecule has 29 heavy (non-hydrogen) atoms. The second-order valence-corrected chi connectivity index (χ2v) is 8.63. The maximum Gasteiger partial charge on any atom is 0.228 e. The summed E-state index contributed by atoms with van der Waals surface area (Å²) in [7, 11) is 0. The minimum atomic E-state index is 0.240. The van der Waals surface area contributed by atoms with E-state index in [1.807, 2.05) is 18.5 Å². The number of carbonyl (C=O) groups excluding carboxylic acids is 1. The maximum atomic E-state index is 13.3. The van der Waals surface area contributed by atoms with Crippen LogP contribution in [0.1, 0.15) is 29.7 Å². The fourth-order valence-corrected chi connectivity index (χ4v) is 5.04. The van der Waals surface area contributed by atoms with Crippen LogP contribution in [0.2, 0.25) is 0 Å². The fourth-order valence-electron chi connectivity index (χ4n) is 5.04. The van der Waals surface area contributed by atoms with Gasteiger partial charge in [0.1, 0.15) is 5.65 Å². The van der Waals surface area contributed by atoms with Gasteiger partial charge in [0.2, 0.25) is 5.91 Å². The van der Waals surface area contributed by atoms with E-state index in [-0.39, 0.29) is 5.91 Å². The molecule has 0 aliphatic carbocycles. The van der Waals surface area contributed by atoms with E-state index in [1.165, 1.54) is 12.0 Å². The third-order valence-corrected chi connectivity index (χ3v) is 6.50. The topological polar surface area (TPSA) is 40.9 Å². The van der Waals surface area contributed by atoms with Crippen LogP contribution < -0.4 is 0 Å². The zero-order valence-electron chi connectivity index (χ0n) is 17.0. The molecular formula is C24H28N4O. The Kier molecular flexibility index (Phi) is 4.84. The lowest BCUT2D eigenvalue weighted by Crippen LogP contribution is -2.48. The smallest absolute Gasteiger partial charge is 0.228 e. The van der Waals surface area contributed by atoms with Crippen molar-refractivity contribution in [3.8, 4) is 0 Å². The predicted octanol–water partition coefficient (Wildman–Crippen LogP) is 3.31. The van der Waals surface area contributed by atoms with Gasteiger partial charge in [-0.2, -0.15) is 0 Å². The van der Waals surface area contributed by atoms with Gasteiger partial charge in [0.25, 0.3) is 0 Å². The van der Waals surface area contributed by atoms with Crippen LogP contribution in [-0.4, -0.2) is 50.8 Å². The van der Waals surface area contributed by atoms with Crippen molar-refractivity contribution < 1.29 is 4.79 Å². The summed E-state index contributed by atoms with van der Waals surface area (Å²) in [4.78, 5) is 22.5. The predicted molar refractivity (Wildman–Crippen MR) is 114 cm³/mol. The molecule has 3 saturated heterocycles. The van der Waals surface area contributed by atoms with Gasteiger partial charge in [0.05, 0.1) is 12.1 Å². The second kappa shape index (κ2) is 7.64. The Labute approximate surface area is 172 Å². The van der Waals surface area contributed by atoms with Gasteiger partial charge in [-0.3, -0.25) is 9.69 Å². The number of amides is 1. The first-order valence-electron chi connectivity index (χ1n) is 10.6. The number of pyridine rings is 1. The van der Waals surface area contributed by atoms with Gasteiger partial charge in [0, 0.05) is 44.6 Å². The SMILES string of the molecule is Cc1cccn2c(CC(=O)N3C[C@@H]4CC[C@H]3CN(Cc3ccccc3)C4)cnc12. The monoisotopic (exact) mass is 388 g/mol. The van der Waals surface area contributed by atoms with Gasteiger partial charge in [-0.25, -0.2) is 4.98 Å². The molecule has 150 valence electrons. The summed E-state index contributed by atoms with van der Waals surface area (Å²) in [5, 5.41) is 0. The number of rotatable bonds is 4. The van der Waals surface area contributed by atoms with E-state index < -0.39 is 0 Å². The number of aryl methyl sites for hydroxylation is 1. The summed E-state index contributed by atoms with van der Waals surface area (Å²) < 4.78 is 2.06. The van der Waals surface area contributed by atoms with Crippen LogP contribution in [0.4, 0.5) is 0 Å². The number of nitrogens with zero attached hydrogens (tertiary/aromatic N) is 4. The molecule has 5 heteroatoms. The molecule has 1 aromatic carbocycles. The molecule has 2 bridgehead atoms. The molecular weight excluding hydrogens is 360 g/mol. The summed E-state index contributed by atoms with van der Waals surface area (Å²) in [5.74, 6) is 0.815. The zero-order chi connectivity index (χ0) is 19.8. The second-order valence-electron chi connectivity index (χ2n) is 8.63. The Hall–Kier alpha value is -2.66. The number of aromatic nitrogens is 2. The van der Waals surface area contributed by atoms with Crippen LogP contribution in [0.3, 0.4) is 0 Å². The van der Waals surface area contributed by atoms with Crippen LogP contribution in [0.25, 0.3) is 5.65 Å². The highest BCUT2D eigenvalue weighted by Crippen LogP contribution is 2.29. The molecule has 3 fully saturated rings. The first-order chi connectivity index (χ1) is 14.2. The van der Waals surface area contributed by atoms with Crippen molar-refractivity contribution in [3.63, 3.8) is 0 Å². The van der Waals surface area contributed by atoms with Gasteiger partial charge in [-0.05, 0) is 42.9 Å². The van der Waals surface area contributed by atoms with Crippen molar-refractivity contribution in [2.75, 3.05) is 19.6 Å². The number of hydrogen-bond donors (Lipinski definition) is 0. The van der Waals surface area contributed by atoms with Crippen molar-refractivity contribution in [2.24, 2.45) is 5.92 Å². The zero-order valence-corrected chi connectivity index (χ0v) is 17.0. The Morgan fingerprint density at radius 1 is 1.07 bits per heavy atom. The summed E-state index contributed by atoms with van der Waals surface area (Å²) >= 11 is 0. The molecule has 3 aliphatic heterocycles. The van der Waals surface area contributed by atoms with Gasteiger partial charge in [0.15, 0.2) is 0 Å². The van der Waals surface area contributed by atoms with E-state index in [4.69, 9.17) is 0 Å². The molecule has 5 heterocycles. The van der Waals surface area contributed by atoms with Crippen molar-refractivity contribution in [1.29, 1.82) is 0 Å². The molecule has 0 radical (unpaired) electrons. The highest BCUT2D eigenvalue weighted by atomic mass is 16.2. The molecule has 6 rings (SSSR count). The Morgan fingerprint density at radius 3 is 2.79 bits per heavy atom. The molecule has 5 nitrogen and oxygen atoms in total. The molecule has 1 amide bonds. The molecule has 0 N–H and O–H groups in total. The number of hydrogen-bond acceptors (Lipinski definition) is 3. The van der Waals surface area contributed by atoms with Crippen LogP contribution in [0.5, 0.6) is 0 Å². The largest absolute Gasteiger partial charge is 0.338 e. The molecule has 0 unspecified atom stereocenters. The summed E-state index contributed by atoms with van der Waals surface area (Å²) in [5.41, 5.74) is 4.42. The van der Waals surface area contributed by atoms with Gasteiger partial charge in [-0.1, -0.05) is 36.4 Å². The van der Waals surface area contributed by atoms with Crippen molar-refractivity contribution in [2.45, 2.75) is 38.8 Å². The minimum Gasteiger partial charge on any atom is -0.338 e. The Balaban J connectivity index is 1.31. The van der Waals surface area contributed by atoms with E-state index in [1.54, 1.807) is 0 Å². The van der Waals surface area contributed by atoms with E-state index >= 15 is 0 Å². The summed E-state index contributed by atoms with van der Waals surface area (Å²) in [6, 6.07) is 15.1. The maximum absolute atomic E-state index is 13.3. The van der Waals surface area contributed by atoms with Crippen molar-refractivity contribution >= 4 is 11.6 Å². The average molecular weight is 389 g/mol. The first kappa shape index (κ1) is 18.4. The van der Waals surface area contributed by atoms with Crippen LogP contribution in [0, 0.1) is 12.8 Å². The number of imidazole rings is 1. The normalized spacial score (nSPS) is 22.2. The fraction of sp³-hybridized carbons (Fsp3) is 0.417. The summed E-state index contributed by atoms with van der Waals surface area (Å²) in [6.45, 7) is 5.99. The molecule has 3 aromatic rings. The number of benzene rings is 1. The minimum absolute atomic E-state index is 0.240. The molecule has 2 aromatic heterocycles. The third kappa shape index (κ3) is 3.67. The molecule has 3 aliphatic rings. The van der Waals surface area contributed by atoms with Crippen LogP contribution in [0.15, 0.2) is 54.9 Å². The van der Waals surface area contributed by atoms with E-state index in [0.717, 1.165) is 49.5 Å². The van der Waals surface area contributed by atoms with Crippen LogP contribution in [-0.2, 0) is 17.8 Å². The van der Waals surface area contributed by atoms with Gasteiger partial charge >= 0.3 is 0 Å². The Bertz CT molecular complexity index is 1010. The number of carbonyl (C=O) groups is 1. The molecule has 0 saturated carbocycles. The first-order valence-corrected chi connectivity index (χ1v) is 10.6. The van der Waals surface area contributed by atoms with E-state index in [0.29, 0.717) is 18.4 Å². The lowest BCUT2D eigenvalue weighted by molar-refractivity contribution is -0.134. The van der Waals surface area contributed by atoms with Gasteiger partial charge in [-0.15, -0.1) is 0 Å². The number of fused-ring (bicyclic) bond motifs is 5.